The molecule has 0 aliphatic rings. The molecule has 6 heteroatoms. The second kappa shape index (κ2) is 67.8. The molecule has 2 atom stereocenters. The van der Waals surface area contributed by atoms with Gasteiger partial charge in [-0.05, 0) is 77.0 Å². The Balaban J connectivity index is 3.35. The molecule has 0 aromatic rings. The number of carbonyl (C=O) groups is 2. The summed E-state index contributed by atoms with van der Waals surface area (Å²) in [5, 5.41) is 23.3. The van der Waals surface area contributed by atoms with Crippen LogP contribution in [0.4, 0.5) is 0 Å². The van der Waals surface area contributed by atoms with Crippen LogP contribution in [0.1, 0.15) is 399 Å². The molecule has 0 bridgehead atoms. The summed E-state index contributed by atoms with van der Waals surface area (Å²) in [7, 11) is 0. The summed E-state index contributed by atoms with van der Waals surface area (Å²) in [4.78, 5) is 24.6. The van der Waals surface area contributed by atoms with E-state index in [-0.39, 0.29) is 18.5 Å². The van der Waals surface area contributed by atoms with E-state index in [0.29, 0.717) is 25.9 Å². The molecule has 0 aromatic carbocycles. The van der Waals surface area contributed by atoms with Gasteiger partial charge in [-0.1, -0.05) is 334 Å². The maximum Gasteiger partial charge on any atom is 0.305 e. The van der Waals surface area contributed by atoms with E-state index >= 15 is 0 Å². The van der Waals surface area contributed by atoms with E-state index in [4.69, 9.17) is 4.74 Å². The minimum absolute atomic E-state index is 0.0139. The van der Waals surface area contributed by atoms with E-state index in [1.54, 1.807) is 0 Å². The van der Waals surface area contributed by atoms with Crippen molar-refractivity contribution < 1.29 is 24.5 Å². The number of hydrogen-bond acceptors (Lipinski definition) is 5. The van der Waals surface area contributed by atoms with Gasteiger partial charge in [-0.3, -0.25) is 9.59 Å². The van der Waals surface area contributed by atoms with Gasteiger partial charge in [0, 0.05) is 12.8 Å². The molecule has 0 spiro atoms. The van der Waals surface area contributed by atoms with Crippen molar-refractivity contribution in [2.45, 2.75) is 411 Å². The van der Waals surface area contributed by atoms with Crippen LogP contribution in [0.3, 0.4) is 0 Å². The smallest absolute Gasteiger partial charge is 0.305 e. The quantitative estimate of drug-likeness (QED) is 0.0320. The molecule has 3 N–H and O–H groups in total. The highest BCUT2D eigenvalue weighted by Gasteiger charge is 2.20. The summed E-state index contributed by atoms with van der Waals surface area (Å²) in [6, 6.07) is -0.540. The summed E-state index contributed by atoms with van der Waals surface area (Å²) in [6.45, 7) is 4.98. The predicted molar refractivity (Wildman–Crippen MR) is 343 cm³/mol. The first-order chi connectivity index (χ1) is 38.5. The predicted octanol–water partition coefficient (Wildman–Crippen LogP) is 22.9. The number of aliphatic hydroxyl groups is 2. The van der Waals surface area contributed by atoms with Gasteiger partial charge in [0.1, 0.15) is 0 Å². The lowest BCUT2D eigenvalue weighted by molar-refractivity contribution is -0.143. The fraction of sp³-hybridized carbons (Fsp3) is 0.917. The maximum absolute atomic E-state index is 12.5. The second-order valence-corrected chi connectivity index (χ2v) is 24.6. The van der Waals surface area contributed by atoms with Gasteiger partial charge in [-0.2, -0.15) is 0 Å². The van der Waals surface area contributed by atoms with Crippen LogP contribution in [0.25, 0.3) is 0 Å². The average Bonchev–Trinajstić information content (AvgIpc) is 3.44. The van der Waals surface area contributed by atoms with Crippen molar-refractivity contribution in [2.75, 3.05) is 13.2 Å². The van der Waals surface area contributed by atoms with Gasteiger partial charge in [0.15, 0.2) is 0 Å². The fourth-order valence-corrected chi connectivity index (χ4v) is 11.3. The number of aliphatic hydroxyl groups excluding tert-OH is 2. The number of nitrogens with one attached hydrogen (secondary N) is 1. The Kier molecular flexibility index (Phi) is 66.4. The first-order valence-electron chi connectivity index (χ1n) is 35.6. The van der Waals surface area contributed by atoms with E-state index in [0.717, 1.165) is 44.9 Å². The van der Waals surface area contributed by atoms with E-state index in [1.165, 1.54) is 321 Å². The number of rotatable bonds is 67. The molecule has 0 fully saturated rings. The Morgan fingerprint density at radius 2 is 0.603 bits per heavy atom. The van der Waals surface area contributed by atoms with E-state index in [2.05, 4.69) is 43.5 Å². The van der Waals surface area contributed by atoms with Crippen molar-refractivity contribution in [1.82, 2.24) is 5.32 Å². The topological polar surface area (TPSA) is 95.9 Å². The van der Waals surface area contributed by atoms with Crippen LogP contribution in [0.2, 0.25) is 0 Å². The lowest BCUT2D eigenvalue weighted by Gasteiger charge is -2.22. The number of esters is 1. The van der Waals surface area contributed by atoms with Gasteiger partial charge in [0.25, 0.3) is 0 Å². The molecule has 462 valence electrons. The third-order valence-electron chi connectivity index (χ3n) is 16.7. The van der Waals surface area contributed by atoms with Crippen LogP contribution in [0.15, 0.2) is 24.3 Å². The van der Waals surface area contributed by atoms with Crippen LogP contribution in [0, 0.1) is 0 Å². The minimum Gasteiger partial charge on any atom is -0.466 e. The number of amides is 1. The maximum atomic E-state index is 12.5. The highest BCUT2D eigenvalue weighted by atomic mass is 16.5. The standard InChI is InChI=1S/C72H139NO5/c1-3-5-7-9-11-13-15-17-19-33-38-42-46-50-54-58-62-66-72(77)78-67-63-59-55-51-47-43-39-35-32-30-28-26-24-22-20-21-23-25-27-29-31-34-37-41-45-49-53-57-61-65-71(76)73-69(68-74)70(75)64-60-56-52-48-44-40-36-18-16-14-12-10-8-6-4-2/h17,19-20,22,69-70,74-75H,3-16,18,21,23-68H2,1-2H3,(H,73,76)/b19-17-,22-20-. The molecule has 0 heterocycles. The minimum atomic E-state index is -0.663. The van der Waals surface area contributed by atoms with Crippen molar-refractivity contribution in [2.24, 2.45) is 0 Å². The molecule has 6 nitrogen and oxygen atoms in total. The van der Waals surface area contributed by atoms with Gasteiger partial charge < -0.3 is 20.3 Å². The Bertz CT molecular complexity index is 1220. The molecule has 78 heavy (non-hydrogen) atoms. The summed E-state index contributed by atoms with van der Waals surface area (Å²) >= 11 is 0. The molecule has 0 aliphatic carbocycles. The molecular formula is C72H139NO5. The van der Waals surface area contributed by atoms with Gasteiger partial charge in [-0.15, -0.1) is 0 Å². The van der Waals surface area contributed by atoms with Crippen molar-refractivity contribution in [3.63, 3.8) is 0 Å². The van der Waals surface area contributed by atoms with Gasteiger partial charge in [-0.25, -0.2) is 0 Å². The van der Waals surface area contributed by atoms with E-state index in [1.807, 2.05) is 0 Å². The summed E-state index contributed by atoms with van der Waals surface area (Å²) in [6.07, 6.45) is 85.1. The van der Waals surface area contributed by atoms with Crippen LogP contribution >= 0.6 is 0 Å². The van der Waals surface area contributed by atoms with Gasteiger partial charge >= 0.3 is 5.97 Å². The molecule has 0 aromatic heterocycles. The molecular weight excluding hydrogens is 959 g/mol. The van der Waals surface area contributed by atoms with Crippen LogP contribution in [-0.4, -0.2) is 47.4 Å². The summed E-state index contributed by atoms with van der Waals surface area (Å²) in [5.41, 5.74) is 0. The van der Waals surface area contributed by atoms with Crippen molar-refractivity contribution in [1.29, 1.82) is 0 Å². The van der Waals surface area contributed by atoms with Gasteiger partial charge in [0.05, 0.1) is 25.4 Å². The summed E-state index contributed by atoms with van der Waals surface area (Å²) in [5.74, 6) is -0.0174. The third kappa shape index (κ3) is 63.5. The van der Waals surface area contributed by atoms with Crippen molar-refractivity contribution >= 4 is 11.9 Å². The Labute approximate surface area is 488 Å². The molecule has 1 amide bonds. The third-order valence-corrected chi connectivity index (χ3v) is 16.7. The lowest BCUT2D eigenvalue weighted by Crippen LogP contribution is -2.45. The molecule has 0 aliphatic heterocycles. The molecule has 0 saturated heterocycles. The van der Waals surface area contributed by atoms with E-state index in [9.17, 15) is 19.8 Å². The molecule has 0 radical (unpaired) electrons. The Morgan fingerprint density at radius 3 is 0.910 bits per heavy atom. The highest BCUT2D eigenvalue weighted by Crippen LogP contribution is 2.19. The van der Waals surface area contributed by atoms with Crippen molar-refractivity contribution in [3.8, 4) is 0 Å². The zero-order valence-electron chi connectivity index (χ0n) is 52.9. The molecule has 0 rings (SSSR count). The number of carbonyl (C=O) groups excluding carboxylic acids is 2. The Morgan fingerprint density at radius 1 is 0.346 bits per heavy atom. The monoisotopic (exact) mass is 1100 g/mol. The highest BCUT2D eigenvalue weighted by molar-refractivity contribution is 5.76. The Hall–Kier alpha value is -1.66. The van der Waals surface area contributed by atoms with Gasteiger partial charge in [0.2, 0.25) is 5.91 Å². The van der Waals surface area contributed by atoms with Crippen LogP contribution < -0.4 is 5.32 Å². The number of allylic oxidation sites excluding steroid dienone is 4. The first kappa shape index (κ1) is 76.3. The largest absolute Gasteiger partial charge is 0.466 e. The zero-order valence-corrected chi connectivity index (χ0v) is 52.9. The normalized spacial score (nSPS) is 12.6. The first-order valence-corrected chi connectivity index (χ1v) is 35.6. The van der Waals surface area contributed by atoms with Crippen LogP contribution in [-0.2, 0) is 14.3 Å². The van der Waals surface area contributed by atoms with Crippen LogP contribution in [0.5, 0.6) is 0 Å². The SMILES string of the molecule is CCCCCCCC/C=C\CCCCCCCCCC(=O)OCCCCCCCCCCCCCC/C=C\CCCCCCCCCCCCCCCC(=O)NC(CO)C(O)CCCCCCCCCCCCCCCCC. The van der Waals surface area contributed by atoms with E-state index < -0.39 is 12.1 Å². The number of unbranched alkanes of at least 4 members (excludes halogenated alkanes) is 52. The lowest BCUT2D eigenvalue weighted by atomic mass is 10.0. The zero-order chi connectivity index (χ0) is 56.4. The number of hydrogen-bond donors (Lipinski definition) is 3. The average molecular weight is 1100 g/mol. The summed E-state index contributed by atoms with van der Waals surface area (Å²) < 4.78 is 5.50. The fourth-order valence-electron chi connectivity index (χ4n) is 11.3. The molecule has 0 saturated carbocycles. The number of ether oxygens (including phenoxy) is 1. The van der Waals surface area contributed by atoms with Crippen molar-refractivity contribution in [3.05, 3.63) is 24.3 Å². The second-order valence-electron chi connectivity index (χ2n) is 24.6. The molecule has 2 unspecified atom stereocenters.